The van der Waals surface area contributed by atoms with E-state index in [1.54, 1.807) is 0 Å². The molecule has 18 heavy (non-hydrogen) atoms. The molecule has 3 heteroatoms. The van der Waals surface area contributed by atoms with Crippen LogP contribution < -0.4 is 10.1 Å². The van der Waals surface area contributed by atoms with Crippen LogP contribution >= 0.6 is 15.9 Å². The third-order valence-electron chi connectivity index (χ3n) is 3.20. The Morgan fingerprint density at radius 2 is 2.11 bits per heavy atom. The quantitative estimate of drug-likeness (QED) is 0.860. The van der Waals surface area contributed by atoms with Crippen LogP contribution in [0.1, 0.15) is 32.3 Å². The molecule has 0 unspecified atom stereocenters. The lowest BCUT2D eigenvalue weighted by atomic mass is 9.95. The molecule has 0 bridgehead atoms. The van der Waals surface area contributed by atoms with Crippen molar-refractivity contribution in [3.05, 3.63) is 28.2 Å². The van der Waals surface area contributed by atoms with E-state index in [2.05, 4.69) is 48.1 Å². The van der Waals surface area contributed by atoms with Gasteiger partial charge in [0.1, 0.15) is 5.75 Å². The van der Waals surface area contributed by atoms with E-state index in [-0.39, 0.29) is 5.41 Å². The van der Waals surface area contributed by atoms with Gasteiger partial charge in [0.2, 0.25) is 0 Å². The van der Waals surface area contributed by atoms with Gasteiger partial charge in [-0.15, -0.1) is 0 Å². The van der Waals surface area contributed by atoms with Crippen LogP contribution in [-0.4, -0.2) is 19.2 Å². The number of aryl methyl sites for hydroxylation is 1. The Morgan fingerprint density at radius 1 is 1.39 bits per heavy atom. The van der Waals surface area contributed by atoms with E-state index in [1.165, 1.54) is 18.4 Å². The minimum absolute atomic E-state index is 0.169. The monoisotopic (exact) mass is 311 g/mol. The standard InChI is InChI=1S/C15H22BrNO/c1-11-8-12(16)4-7-14(11)18-10-15(2,3)9-17-13-5-6-13/h4,7-8,13,17H,5-6,9-10H2,1-3H3. The van der Waals surface area contributed by atoms with Gasteiger partial charge in [0.05, 0.1) is 6.61 Å². The summed E-state index contributed by atoms with van der Waals surface area (Å²) in [7, 11) is 0. The second-order valence-corrected chi connectivity index (χ2v) is 6.93. The summed E-state index contributed by atoms with van der Waals surface area (Å²) < 4.78 is 7.05. The molecule has 0 aliphatic heterocycles. The van der Waals surface area contributed by atoms with Gasteiger partial charge >= 0.3 is 0 Å². The lowest BCUT2D eigenvalue weighted by Gasteiger charge is -2.25. The zero-order chi connectivity index (χ0) is 13.2. The highest BCUT2D eigenvalue weighted by Gasteiger charge is 2.25. The number of halogens is 1. The molecule has 0 spiro atoms. The molecule has 0 aromatic heterocycles. The van der Waals surface area contributed by atoms with Crippen molar-refractivity contribution in [2.45, 2.75) is 39.7 Å². The predicted molar refractivity (Wildman–Crippen MR) is 79.2 cm³/mol. The lowest BCUT2D eigenvalue weighted by molar-refractivity contribution is 0.175. The maximum atomic E-state index is 5.95. The van der Waals surface area contributed by atoms with Gasteiger partial charge in [-0.2, -0.15) is 0 Å². The molecule has 2 nitrogen and oxygen atoms in total. The van der Waals surface area contributed by atoms with Gasteiger partial charge in [-0.1, -0.05) is 29.8 Å². The molecule has 1 aromatic carbocycles. The van der Waals surface area contributed by atoms with Crippen molar-refractivity contribution in [1.29, 1.82) is 0 Å². The highest BCUT2D eigenvalue weighted by Crippen LogP contribution is 2.25. The molecule has 0 amide bonds. The van der Waals surface area contributed by atoms with Crippen molar-refractivity contribution in [3.8, 4) is 5.75 Å². The van der Waals surface area contributed by atoms with E-state index in [0.29, 0.717) is 0 Å². The van der Waals surface area contributed by atoms with E-state index >= 15 is 0 Å². The normalized spacial score (nSPS) is 15.8. The molecule has 1 aromatic rings. The summed E-state index contributed by atoms with van der Waals surface area (Å²) in [5, 5.41) is 3.57. The Labute approximate surface area is 118 Å². The van der Waals surface area contributed by atoms with Gasteiger partial charge in [-0.05, 0) is 43.5 Å². The van der Waals surface area contributed by atoms with Crippen molar-refractivity contribution in [1.82, 2.24) is 5.32 Å². The Bertz CT molecular complexity index is 413. The first-order chi connectivity index (χ1) is 8.46. The summed E-state index contributed by atoms with van der Waals surface area (Å²) in [6.07, 6.45) is 2.67. The number of hydrogen-bond donors (Lipinski definition) is 1. The van der Waals surface area contributed by atoms with Crippen molar-refractivity contribution in [2.75, 3.05) is 13.2 Å². The molecule has 1 fully saturated rings. The van der Waals surface area contributed by atoms with Crippen molar-refractivity contribution in [2.24, 2.45) is 5.41 Å². The van der Waals surface area contributed by atoms with E-state index in [0.717, 1.165) is 29.4 Å². The molecule has 1 aliphatic carbocycles. The van der Waals surface area contributed by atoms with Crippen LogP contribution in [0.4, 0.5) is 0 Å². The summed E-state index contributed by atoms with van der Waals surface area (Å²) in [4.78, 5) is 0. The van der Waals surface area contributed by atoms with Crippen LogP contribution in [0.5, 0.6) is 5.75 Å². The van der Waals surface area contributed by atoms with Crippen LogP contribution in [0.2, 0.25) is 0 Å². The Kier molecular flexibility index (Phi) is 4.33. The Balaban J connectivity index is 1.84. The average molecular weight is 312 g/mol. The van der Waals surface area contributed by atoms with Crippen molar-refractivity contribution in [3.63, 3.8) is 0 Å². The van der Waals surface area contributed by atoms with Crippen LogP contribution in [-0.2, 0) is 0 Å². The molecule has 2 rings (SSSR count). The predicted octanol–water partition coefficient (Wildman–Crippen LogP) is 3.91. The van der Waals surface area contributed by atoms with E-state index in [4.69, 9.17) is 4.74 Å². The number of hydrogen-bond acceptors (Lipinski definition) is 2. The summed E-state index contributed by atoms with van der Waals surface area (Å²) in [5.41, 5.74) is 1.34. The SMILES string of the molecule is Cc1cc(Br)ccc1OCC(C)(C)CNC1CC1. The second-order valence-electron chi connectivity index (χ2n) is 6.02. The van der Waals surface area contributed by atoms with Gasteiger partial charge in [-0.25, -0.2) is 0 Å². The molecule has 0 heterocycles. The fourth-order valence-electron chi connectivity index (χ4n) is 1.81. The largest absolute Gasteiger partial charge is 0.493 e. The molecule has 1 aliphatic rings. The van der Waals surface area contributed by atoms with Gasteiger partial charge in [0.15, 0.2) is 0 Å². The molecular weight excluding hydrogens is 290 g/mol. The molecule has 1 N–H and O–H groups in total. The first-order valence-corrected chi connectivity index (χ1v) is 7.38. The van der Waals surface area contributed by atoms with E-state index < -0.39 is 0 Å². The summed E-state index contributed by atoms with van der Waals surface area (Å²) >= 11 is 3.47. The highest BCUT2D eigenvalue weighted by atomic mass is 79.9. The number of nitrogens with one attached hydrogen (secondary N) is 1. The third kappa shape index (κ3) is 4.29. The molecule has 0 saturated heterocycles. The van der Waals surface area contributed by atoms with Gasteiger partial charge in [0, 0.05) is 22.5 Å². The maximum Gasteiger partial charge on any atom is 0.122 e. The van der Waals surface area contributed by atoms with Crippen LogP contribution in [0, 0.1) is 12.3 Å². The van der Waals surface area contributed by atoms with Crippen LogP contribution in [0.25, 0.3) is 0 Å². The zero-order valence-electron chi connectivity index (χ0n) is 11.4. The van der Waals surface area contributed by atoms with Crippen molar-refractivity contribution >= 4 is 15.9 Å². The van der Waals surface area contributed by atoms with E-state index in [9.17, 15) is 0 Å². The minimum atomic E-state index is 0.169. The minimum Gasteiger partial charge on any atom is -0.493 e. The van der Waals surface area contributed by atoms with Gasteiger partial charge in [-0.3, -0.25) is 0 Å². The van der Waals surface area contributed by atoms with Gasteiger partial charge < -0.3 is 10.1 Å². The smallest absolute Gasteiger partial charge is 0.122 e. The summed E-state index contributed by atoms with van der Waals surface area (Å²) in [6.45, 7) is 8.34. The highest BCUT2D eigenvalue weighted by molar-refractivity contribution is 9.10. The zero-order valence-corrected chi connectivity index (χ0v) is 13.0. The Hall–Kier alpha value is -0.540. The number of rotatable bonds is 6. The average Bonchev–Trinajstić information content (AvgIpc) is 3.09. The number of benzene rings is 1. The third-order valence-corrected chi connectivity index (χ3v) is 3.70. The molecule has 0 atom stereocenters. The molecule has 1 saturated carbocycles. The molecule has 0 radical (unpaired) electrons. The lowest BCUT2D eigenvalue weighted by Crippen LogP contribution is -2.35. The molecular formula is C15H22BrNO. The molecule has 100 valence electrons. The van der Waals surface area contributed by atoms with Crippen molar-refractivity contribution < 1.29 is 4.74 Å². The topological polar surface area (TPSA) is 21.3 Å². The second kappa shape index (κ2) is 5.62. The van der Waals surface area contributed by atoms with Crippen LogP contribution in [0.15, 0.2) is 22.7 Å². The maximum absolute atomic E-state index is 5.95. The van der Waals surface area contributed by atoms with Crippen LogP contribution in [0.3, 0.4) is 0 Å². The summed E-state index contributed by atoms with van der Waals surface area (Å²) in [5.74, 6) is 0.984. The fourth-order valence-corrected chi connectivity index (χ4v) is 2.28. The summed E-state index contributed by atoms with van der Waals surface area (Å²) in [6, 6.07) is 6.91. The Morgan fingerprint density at radius 3 is 2.72 bits per heavy atom. The number of ether oxygens (including phenoxy) is 1. The fraction of sp³-hybridized carbons (Fsp3) is 0.600. The first-order valence-electron chi connectivity index (χ1n) is 6.59. The van der Waals surface area contributed by atoms with Gasteiger partial charge in [0.25, 0.3) is 0 Å². The van der Waals surface area contributed by atoms with E-state index in [1.807, 2.05) is 12.1 Å². The first kappa shape index (κ1) is 13.9.